The van der Waals surface area contributed by atoms with E-state index in [1.54, 1.807) is 12.1 Å². The third-order valence-electron chi connectivity index (χ3n) is 2.96. The minimum Gasteiger partial charge on any atom is -0.361 e. The number of fused-ring (bicyclic) bond motifs is 1. The van der Waals surface area contributed by atoms with Gasteiger partial charge in [0.25, 0.3) is 0 Å². The van der Waals surface area contributed by atoms with Gasteiger partial charge in [0.15, 0.2) is 0 Å². The lowest BCUT2D eigenvalue weighted by Gasteiger charge is -2.08. The van der Waals surface area contributed by atoms with E-state index in [0.29, 0.717) is 10.9 Å². The zero-order valence-electron chi connectivity index (χ0n) is 10.1. The van der Waals surface area contributed by atoms with Crippen LogP contribution >= 0.6 is 11.6 Å². The van der Waals surface area contributed by atoms with Crippen LogP contribution in [-0.4, -0.2) is 10.8 Å². The van der Waals surface area contributed by atoms with Gasteiger partial charge < -0.3 is 10.3 Å². The molecular weight excluding hydrogens is 258 g/mol. The molecule has 3 N–H and O–H groups in total. The largest absolute Gasteiger partial charge is 0.361 e. The molecule has 0 aliphatic carbocycles. The number of rotatable bonds is 2. The quantitative estimate of drug-likeness (QED) is 0.472. The molecular formula is C15H12ClN3. The number of halogens is 1. The molecule has 0 radical (unpaired) electrons. The molecule has 3 nitrogen and oxygen atoms in total. The number of hydrogen-bond donors (Lipinski definition) is 3. The summed E-state index contributed by atoms with van der Waals surface area (Å²) in [7, 11) is 0. The lowest BCUT2D eigenvalue weighted by Crippen LogP contribution is -2.11. The smallest absolute Gasteiger partial charge is 0.129 e. The van der Waals surface area contributed by atoms with Crippen LogP contribution in [0.1, 0.15) is 5.56 Å². The number of benzene rings is 2. The van der Waals surface area contributed by atoms with Crippen LogP contribution in [0, 0.1) is 5.41 Å². The van der Waals surface area contributed by atoms with Crippen molar-refractivity contribution >= 4 is 34.0 Å². The van der Waals surface area contributed by atoms with Crippen molar-refractivity contribution in [3.63, 3.8) is 0 Å². The van der Waals surface area contributed by atoms with E-state index in [1.807, 2.05) is 42.6 Å². The van der Waals surface area contributed by atoms with Gasteiger partial charge in [0, 0.05) is 33.4 Å². The predicted molar refractivity (Wildman–Crippen MR) is 80.2 cm³/mol. The van der Waals surface area contributed by atoms with Crippen molar-refractivity contribution < 1.29 is 0 Å². The topological polar surface area (TPSA) is 51.7 Å². The molecule has 1 aromatic heterocycles. The van der Waals surface area contributed by atoms with Gasteiger partial charge in [-0.05, 0) is 48.5 Å². The molecule has 0 spiro atoms. The number of amidine groups is 1. The second-order valence-corrected chi connectivity index (χ2v) is 4.72. The third kappa shape index (κ3) is 2.46. The maximum Gasteiger partial charge on any atom is 0.129 e. The van der Waals surface area contributed by atoms with Gasteiger partial charge in [0.05, 0.1) is 0 Å². The molecule has 0 fully saturated rings. The number of aromatic amines is 1. The minimum atomic E-state index is 0.366. The molecule has 0 saturated carbocycles. The van der Waals surface area contributed by atoms with E-state index in [9.17, 15) is 0 Å². The van der Waals surface area contributed by atoms with Crippen molar-refractivity contribution in [1.29, 1.82) is 5.41 Å². The Hall–Kier alpha value is -2.26. The molecule has 0 saturated heterocycles. The Morgan fingerprint density at radius 1 is 1.05 bits per heavy atom. The number of hydrogen-bond acceptors (Lipinski definition) is 1. The molecule has 3 aromatic rings. The van der Waals surface area contributed by atoms with Crippen molar-refractivity contribution in [1.82, 2.24) is 4.98 Å². The fourth-order valence-corrected chi connectivity index (χ4v) is 2.08. The lowest BCUT2D eigenvalue weighted by atomic mass is 10.1. The van der Waals surface area contributed by atoms with E-state index in [4.69, 9.17) is 17.0 Å². The number of aromatic nitrogens is 1. The Kier molecular flexibility index (Phi) is 2.97. The summed E-state index contributed by atoms with van der Waals surface area (Å²) in [6.45, 7) is 0. The van der Waals surface area contributed by atoms with Crippen molar-refractivity contribution in [3.8, 4) is 0 Å². The molecule has 0 aliphatic rings. The van der Waals surface area contributed by atoms with Gasteiger partial charge >= 0.3 is 0 Å². The molecule has 94 valence electrons. The van der Waals surface area contributed by atoms with Gasteiger partial charge in [-0.1, -0.05) is 11.6 Å². The molecule has 1 heterocycles. The van der Waals surface area contributed by atoms with Gasteiger partial charge in [-0.2, -0.15) is 0 Å². The van der Waals surface area contributed by atoms with Gasteiger partial charge in [-0.3, -0.25) is 5.41 Å². The van der Waals surface area contributed by atoms with Crippen LogP contribution in [0.25, 0.3) is 10.9 Å². The SMILES string of the molecule is N=C(Nc1ccc(Cl)cc1)c1ccc2[nH]ccc2c1. The third-order valence-corrected chi connectivity index (χ3v) is 3.21. The lowest BCUT2D eigenvalue weighted by molar-refractivity contribution is 1.44. The van der Waals surface area contributed by atoms with Crippen molar-refractivity contribution in [2.24, 2.45) is 0 Å². The van der Waals surface area contributed by atoms with Crippen molar-refractivity contribution in [2.45, 2.75) is 0 Å². The van der Waals surface area contributed by atoms with Crippen LogP contribution < -0.4 is 5.32 Å². The molecule has 0 aliphatic heterocycles. The average molecular weight is 270 g/mol. The fourth-order valence-electron chi connectivity index (χ4n) is 1.96. The van der Waals surface area contributed by atoms with Gasteiger partial charge in [0.1, 0.15) is 5.84 Å². The first-order valence-electron chi connectivity index (χ1n) is 5.91. The molecule has 19 heavy (non-hydrogen) atoms. The minimum absolute atomic E-state index is 0.366. The Labute approximate surface area is 115 Å². The number of anilines is 1. The van der Waals surface area contributed by atoms with Gasteiger partial charge in [-0.15, -0.1) is 0 Å². The second kappa shape index (κ2) is 4.78. The Morgan fingerprint density at radius 2 is 1.84 bits per heavy atom. The van der Waals surface area contributed by atoms with Crippen LogP contribution in [0.3, 0.4) is 0 Å². The highest BCUT2D eigenvalue weighted by molar-refractivity contribution is 6.30. The molecule has 0 atom stereocenters. The van der Waals surface area contributed by atoms with E-state index in [1.165, 1.54) is 0 Å². The summed E-state index contributed by atoms with van der Waals surface area (Å²) in [4.78, 5) is 3.14. The van der Waals surface area contributed by atoms with Crippen molar-refractivity contribution in [2.75, 3.05) is 5.32 Å². The summed E-state index contributed by atoms with van der Waals surface area (Å²) in [5, 5.41) is 12.9. The van der Waals surface area contributed by atoms with E-state index in [-0.39, 0.29) is 0 Å². The maximum absolute atomic E-state index is 8.09. The Balaban J connectivity index is 1.84. The van der Waals surface area contributed by atoms with Crippen LogP contribution in [-0.2, 0) is 0 Å². The van der Waals surface area contributed by atoms with Gasteiger partial charge in [0.2, 0.25) is 0 Å². The number of nitrogens with one attached hydrogen (secondary N) is 3. The van der Waals surface area contributed by atoms with Crippen molar-refractivity contribution in [3.05, 3.63) is 65.3 Å². The zero-order valence-corrected chi connectivity index (χ0v) is 10.8. The van der Waals surface area contributed by atoms with Gasteiger partial charge in [-0.25, -0.2) is 0 Å². The van der Waals surface area contributed by atoms with Crippen LogP contribution in [0.15, 0.2) is 54.7 Å². The first-order valence-corrected chi connectivity index (χ1v) is 6.29. The summed E-state index contributed by atoms with van der Waals surface area (Å²) in [5.41, 5.74) is 2.77. The molecule has 3 rings (SSSR count). The highest BCUT2D eigenvalue weighted by atomic mass is 35.5. The molecule has 4 heteroatoms. The highest BCUT2D eigenvalue weighted by Gasteiger charge is 2.03. The zero-order chi connectivity index (χ0) is 13.2. The van der Waals surface area contributed by atoms with E-state index >= 15 is 0 Å². The molecule has 0 amide bonds. The van der Waals surface area contributed by atoms with Crippen LogP contribution in [0.4, 0.5) is 5.69 Å². The standard InChI is InChI=1S/C15H12ClN3/c16-12-2-4-13(5-3-12)19-15(17)11-1-6-14-10(9-11)7-8-18-14/h1-9,18H,(H2,17,19). The monoisotopic (exact) mass is 269 g/mol. The Bertz CT molecular complexity index is 728. The average Bonchev–Trinajstić information content (AvgIpc) is 2.88. The normalized spacial score (nSPS) is 10.6. The molecule has 0 unspecified atom stereocenters. The first-order chi connectivity index (χ1) is 9.22. The van der Waals surface area contributed by atoms with E-state index in [2.05, 4.69) is 10.3 Å². The predicted octanol–water partition coefficient (Wildman–Crippen LogP) is 4.26. The van der Waals surface area contributed by atoms with E-state index < -0.39 is 0 Å². The highest BCUT2D eigenvalue weighted by Crippen LogP contribution is 2.17. The summed E-state index contributed by atoms with van der Waals surface area (Å²) < 4.78 is 0. The Morgan fingerprint density at radius 3 is 2.63 bits per heavy atom. The summed E-state index contributed by atoms with van der Waals surface area (Å²) in [6, 6.07) is 15.2. The number of H-pyrrole nitrogens is 1. The molecule has 2 aromatic carbocycles. The summed E-state index contributed by atoms with van der Waals surface area (Å²) in [5.74, 6) is 0.366. The fraction of sp³-hybridized carbons (Fsp3) is 0. The summed E-state index contributed by atoms with van der Waals surface area (Å²) >= 11 is 5.83. The first kappa shape index (κ1) is 11.8. The second-order valence-electron chi connectivity index (χ2n) is 4.29. The van der Waals surface area contributed by atoms with Crippen LogP contribution in [0.2, 0.25) is 5.02 Å². The molecule has 0 bridgehead atoms. The summed E-state index contributed by atoms with van der Waals surface area (Å²) in [6.07, 6.45) is 1.89. The van der Waals surface area contributed by atoms with E-state index in [0.717, 1.165) is 22.2 Å². The maximum atomic E-state index is 8.09. The van der Waals surface area contributed by atoms with Crippen LogP contribution in [0.5, 0.6) is 0 Å².